The van der Waals surface area contributed by atoms with Crippen molar-refractivity contribution in [1.29, 1.82) is 0 Å². The maximum absolute atomic E-state index is 13.5. The molecule has 5 rings (SSSR count). The summed E-state index contributed by atoms with van der Waals surface area (Å²) in [4.78, 5) is 33.1. The molecule has 1 amide bonds. The summed E-state index contributed by atoms with van der Waals surface area (Å²) in [5.74, 6) is -0.424. The lowest BCUT2D eigenvalue weighted by atomic mass is 9.95. The molecule has 1 saturated heterocycles. The number of nitrogens with zero attached hydrogens (tertiary/aromatic N) is 2. The largest absolute Gasteiger partial charge is 0.507 e. The Bertz CT molecular complexity index is 1590. The third-order valence-electron chi connectivity index (χ3n) is 6.43. The van der Waals surface area contributed by atoms with Crippen molar-refractivity contribution in [3.05, 3.63) is 88.5 Å². The SMILES string of the molecule is COc1ccc(C2/C(=C(\O)c3ccc(OC(C)C)c(C)c3)C(=O)C(=O)N2c2nc3ccc(C)cc3s2)cc1. The number of methoxy groups -OCH3 is 1. The van der Waals surface area contributed by atoms with Gasteiger partial charge in [-0.25, -0.2) is 4.98 Å². The van der Waals surface area contributed by atoms with Gasteiger partial charge in [0.15, 0.2) is 5.13 Å². The molecular formula is C30H28N2O5S. The Hall–Kier alpha value is -4.17. The highest BCUT2D eigenvalue weighted by atomic mass is 32.1. The Labute approximate surface area is 225 Å². The fraction of sp³-hybridized carbons (Fsp3) is 0.233. The van der Waals surface area contributed by atoms with Gasteiger partial charge in [0.25, 0.3) is 5.78 Å². The standard InChI is InChI=1S/C30H28N2O5S/c1-16(2)37-23-13-9-20(15-18(23)4)27(33)25-26(19-7-10-21(36-5)11-8-19)32(29(35)28(25)34)30-31-22-12-6-17(3)14-24(22)38-30/h6-16,26,33H,1-5H3/b27-25+. The molecule has 4 aromatic rings. The lowest BCUT2D eigenvalue weighted by Crippen LogP contribution is -2.29. The van der Waals surface area contributed by atoms with E-state index in [0.717, 1.165) is 21.3 Å². The molecule has 1 aliphatic rings. The van der Waals surface area contributed by atoms with Crippen molar-refractivity contribution in [3.8, 4) is 11.5 Å². The summed E-state index contributed by atoms with van der Waals surface area (Å²) in [5.41, 5.74) is 3.70. The van der Waals surface area contributed by atoms with E-state index in [2.05, 4.69) is 4.98 Å². The predicted octanol–water partition coefficient (Wildman–Crippen LogP) is 6.34. The number of carbonyl (C=O) groups is 2. The Morgan fingerprint density at radius 1 is 1.03 bits per heavy atom. The van der Waals surface area contributed by atoms with Crippen LogP contribution in [-0.4, -0.2) is 35.0 Å². The lowest BCUT2D eigenvalue weighted by molar-refractivity contribution is -0.132. The van der Waals surface area contributed by atoms with Gasteiger partial charge in [-0.2, -0.15) is 0 Å². The monoisotopic (exact) mass is 528 g/mol. The molecule has 38 heavy (non-hydrogen) atoms. The fourth-order valence-corrected chi connectivity index (χ4v) is 5.68. The molecule has 8 heteroatoms. The summed E-state index contributed by atoms with van der Waals surface area (Å²) in [7, 11) is 1.57. The maximum atomic E-state index is 13.5. The van der Waals surface area contributed by atoms with E-state index in [1.54, 1.807) is 49.6 Å². The third kappa shape index (κ3) is 4.52. The molecule has 0 spiro atoms. The van der Waals surface area contributed by atoms with Gasteiger partial charge in [0.1, 0.15) is 17.3 Å². The number of ether oxygens (including phenoxy) is 2. The molecule has 3 aromatic carbocycles. The molecular weight excluding hydrogens is 500 g/mol. The van der Waals surface area contributed by atoms with Crippen LogP contribution in [0.5, 0.6) is 11.5 Å². The quantitative estimate of drug-likeness (QED) is 0.179. The second-order valence-corrected chi connectivity index (χ2v) is 10.6. The first-order valence-electron chi connectivity index (χ1n) is 12.3. The van der Waals surface area contributed by atoms with Crippen LogP contribution in [-0.2, 0) is 9.59 Å². The van der Waals surface area contributed by atoms with E-state index in [1.165, 1.54) is 16.2 Å². The second kappa shape index (κ2) is 9.95. The number of aliphatic hydroxyl groups is 1. The van der Waals surface area contributed by atoms with E-state index < -0.39 is 17.7 Å². The van der Waals surface area contributed by atoms with Crippen molar-refractivity contribution in [1.82, 2.24) is 4.98 Å². The van der Waals surface area contributed by atoms with Crippen LogP contribution in [0, 0.1) is 13.8 Å². The Kier molecular flexibility index (Phi) is 6.67. The summed E-state index contributed by atoms with van der Waals surface area (Å²) >= 11 is 1.34. The smallest absolute Gasteiger partial charge is 0.301 e. The molecule has 1 N–H and O–H groups in total. The summed E-state index contributed by atoms with van der Waals surface area (Å²) in [6.07, 6.45) is -0.00820. The molecule has 1 aromatic heterocycles. The van der Waals surface area contributed by atoms with E-state index in [4.69, 9.17) is 9.47 Å². The number of carbonyl (C=O) groups excluding carboxylic acids is 2. The number of anilines is 1. The van der Waals surface area contributed by atoms with Crippen molar-refractivity contribution in [2.24, 2.45) is 0 Å². The van der Waals surface area contributed by atoms with Crippen molar-refractivity contribution < 1.29 is 24.2 Å². The number of hydrogen-bond donors (Lipinski definition) is 1. The molecule has 1 unspecified atom stereocenters. The zero-order valence-corrected chi connectivity index (χ0v) is 22.6. The van der Waals surface area contributed by atoms with Gasteiger partial charge in [-0.05, 0) is 86.8 Å². The highest BCUT2D eigenvalue weighted by molar-refractivity contribution is 7.22. The van der Waals surface area contributed by atoms with Gasteiger partial charge < -0.3 is 14.6 Å². The van der Waals surface area contributed by atoms with Crippen molar-refractivity contribution in [3.63, 3.8) is 0 Å². The number of aliphatic hydroxyl groups excluding tert-OH is 1. The van der Waals surface area contributed by atoms with Crippen LogP contribution in [0.15, 0.2) is 66.2 Å². The highest BCUT2D eigenvalue weighted by Crippen LogP contribution is 2.44. The van der Waals surface area contributed by atoms with E-state index in [0.29, 0.717) is 27.8 Å². The number of rotatable bonds is 6. The number of amides is 1. The van der Waals surface area contributed by atoms with Gasteiger partial charge in [0, 0.05) is 5.56 Å². The molecule has 2 heterocycles. The van der Waals surface area contributed by atoms with Gasteiger partial charge in [-0.15, -0.1) is 0 Å². The lowest BCUT2D eigenvalue weighted by Gasteiger charge is -2.23. The average molecular weight is 529 g/mol. The molecule has 0 aliphatic carbocycles. The van der Waals surface area contributed by atoms with Crippen molar-refractivity contribution in [2.75, 3.05) is 12.0 Å². The minimum absolute atomic E-state index is 0.00697. The van der Waals surface area contributed by atoms with Gasteiger partial charge in [0.05, 0.1) is 35.0 Å². The van der Waals surface area contributed by atoms with Gasteiger partial charge in [-0.1, -0.05) is 29.5 Å². The number of fused-ring (bicyclic) bond motifs is 1. The minimum atomic E-state index is -0.866. The fourth-order valence-electron chi connectivity index (χ4n) is 4.59. The summed E-state index contributed by atoms with van der Waals surface area (Å²) < 4.78 is 12.0. The topological polar surface area (TPSA) is 89.0 Å². The number of Topliss-reactive ketones (excluding diaryl/α,β-unsaturated/α-hetero) is 1. The Morgan fingerprint density at radius 2 is 1.76 bits per heavy atom. The number of aromatic nitrogens is 1. The number of benzene rings is 3. The van der Waals surface area contributed by atoms with Crippen LogP contribution in [0.2, 0.25) is 0 Å². The molecule has 0 bridgehead atoms. The van der Waals surface area contributed by atoms with Crippen molar-refractivity contribution >= 4 is 44.1 Å². The normalized spacial score (nSPS) is 17.0. The number of thiazole rings is 1. The van der Waals surface area contributed by atoms with Gasteiger partial charge >= 0.3 is 5.91 Å². The zero-order valence-electron chi connectivity index (χ0n) is 21.8. The van der Waals surface area contributed by atoms with E-state index in [-0.39, 0.29) is 17.4 Å². The molecule has 1 fully saturated rings. The predicted molar refractivity (Wildman–Crippen MR) is 149 cm³/mol. The Balaban J connectivity index is 1.68. The first kappa shape index (κ1) is 25.5. The minimum Gasteiger partial charge on any atom is -0.507 e. The number of ketones is 1. The highest BCUT2D eigenvalue weighted by Gasteiger charge is 2.48. The first-order chi connectivity index (χ1) is 18.2. The third-order valence-corrected chi connectivity index (χ3v) is 7.44. The molecule has 7 nitrogen and oxygen atoms in total. The van der Waals surface area contributed by atoms with Crippen LogP contribution in [0.25, 0.3) is 16.0 Å². The first-order valence-corrected chi connectivity index (χ1v) is 13.1. The maximum Gasteiger partial charge on any atom is 0.301 e. The molecule has 1 atom stereocenters. The second-order valence-electron chi connectivity index (χ2n) is 9.56. The molecule has 194 valence electrons. The van der Waals surface area contributed by atoms with Crippen LogP contribution in [0.3, 0.4) is 0 Å². The van der Waals surface area contributed by atoms with Crippen LogP contribution >= 0.6 is 11.3 Å². The van der Waals surface area contributed by atoms with E-state index >= 15 is 0 Å². The summed E-state index contributed by atoms with van der Waals surface area (Å²) in [5, 5.41) is 11.9. The van der Waals surface area contributed by atoms with Crippen molar-refractivity contribution in [2.45, 2.75) is 39.8 Å². The Morgan fingerprint density at radius 3 is 2.42 bits per heavy atom. The zero-order chi connectivity index (χ0) is 27.1. The molecule has 1 aliphatic heterocycles. The molecule has 0 radical (unpaired) electrons. The average Bonchev–Trinajstić information content (AvgIpc) is 3.42. The van der Waals surface area contributed by atoms with Crippen LogP contribution in [0.4, 0.5) is 5.13 Å². The van der Waals surface area contributed by atoms with Gasteiger partial charge in [0.2, 0.25) is 0 Å². The van der Waals surface area contributed by atoms with E-state index in [9.17, 15) is 14.7 Å². The summed E-state index contributed by atoms with van der Waals surface area (Å²) in [6.45, 7) is 7.74. The summed E-state index contributed by atoms with van der Waals surface area (Å²) in [6, 6.07) is 17.3. The number of hydrogen-bond acceptors (Lipinski definition) is 7. The molecule has 0 saturated carbocycles. The number of aryl methyl sites for hydroxylation is 2. The van der Waals surface area contributed by atoms with Crippen LogP contribution in [0.1, 0.15) is 42.1 Å². The van der Waals surface area contributed by atoms with Gasteiger partial charge in [-0.3, -0.25) is 14.5 Å². The van der Waals surface area contributed by atoms with E-state index in [1.807, 2.05) is 45.9 Å². The van der Waals surface area contributed by atoms with Crippen LogP contribution < -0.4 is 14.4 Å².